The summed E-state index contributed by atoms with van der Waals surface area (Å²) in [6.07, 6.45) is 1.11. The van der Waals surface area contributed by atoms with Gasteiger partial charge in [-0.15, -0.1) is 10.2 Å². The van der Waals surface area contributed by atoms with Crippen molar-refractivity contribution in [2.45, 2.75) is 13.0 Å². The van der Waals surface area contributed by atoms with E-state index in [1.54, 1.807) is 6.92 Å². The van der Waals surface area contributed by atoms with E-state index in [0.717, 1.165) is 6.26 Å². The van der Waals surface area contributed by atoms with E-state index in [4.69, 9.17) is 11.6 Å². The van der Waals surface area contributed by atoms with Gasteiger partial charge < -0.3 is 5.32 Å². The number of hydrogen-bond acceptors (Lipinski definition) is 5. The van der Waals surface area contributed by atoms with Gasteiger partial charge in [-0.25, -0.2) is 8.42 Å². The average molecular weight is 278 g/mol. The molecule has 0 radical (unpaired) electrons. The molecule has 0 fully saturated rings. The highest BCUT2D eigenvalue weighted by Crippen LogP contribution is 2.02. The van der Waals surface area contributed by atoms with Gasteiger partial charge in [-0.05, 0) is 19.1 Å². The van der Waals surface area contributed by atoms with Gasteiger partial charge in [-0.3, -0.25) is 4.79 Å². The third-order valence-electron chi connectivity index (χ3n) is 1.79. The zero-order chi connectivity index (χ0) is 13.1. The van der Waals surface area contributed by atoms with Crippen LogP contribution < -0.4 is 5.32 Å². The number of rotatable bonds is 4. The van der Waals surface area contributed by atoms with E-state index in [1.807, 2.05) is 0 Å². The molecule has 1 N–H and O–H groups in total. The molecule has 1 amide bonds. The highest BCUT2D eigenvalue weighted by atomic mass is 35.5. The summed E-state index contributed by atoms with van der Waals surface area (Å²) in [5, 5.41) is 9.80. The number of carbonyl (C=O) groups is 1. The van der Waals surface area contributed by atoms with E-state index in [2.05, 4.69) is 15.5 Å². The second kappa shape index (κ2) is 5.42. The molecule has 8 heteroatoms. The molecule has 1 rings (SSSR count). The van der Waals surface area contributed by atoms with Crippen LogP contribution in [0.25, 0.3) is 0 Å². The molecule has 0 saturated heterocycles. The minimum Gasteiger partial charge on any atom is -0.347 e. The van der Waals surface area contributed by atoms with Gasteiger partial charge in [0, 0.05) is 12.3 Å². The molecule has 1 heterocycles. The van der Waals surface area contributed by atoms with Crippen LogP contribution in [0, 0.1) is 0 Å². The van der Waals surface area contributed by atoms with Crippen LogP contribution in [0.2, 0.25) is 5.15 Å². The van der Waals surface area contributed by atoms with E-state index < -0.39 is 21.8 Å². The number of aromatic nitrogens is 2. The highest BCUT2D eigenvalue weighted by Gasteiger charge is 2.15. The van der Waals surface area contributed by atoms with Crippen molar-refractivity contribution >= 4 is 27.3 Å². The first kappa shape index (κ1) is 13.9. The number of amides is 1. The maximum absolute atomic E-state index is 11.6. The first-order chi connectivity index (χ1) is 7.78. The third kappa shape index (κ3) is 5.10. The number of hydrogen-bond donors (Lipinski definition) is 1. The van der Waals surface area contributed by atoms with Gasteiger partial charge in [0.15, 0.2) is 10.8 Å². The van der Waals surface area contributed by atoms with Gasteiger partial charge in [0.05, 0.1) is 5.75 Å². The molecule has 1 unspecified atom stereocenters. The largest absolute Gasteiger partial charge is 0.347 e. The van der Waals surface area contributed by atoms with Crippen LogP contribution >= 0.6 is 11.6 Å². The lowest BCUT2D eigenvalue weighted by Gasteiger charge is -2.11. The van der Waals surface area contributed by atoms with Gasteiger partial charge in [-0.1, -0.05) is 11.6 Å². The number of sulfone groups is 1. The lowest BCUT2D eigenvalue weighted by Crippen LogP contribution is -2.37. The first-order valence-electron chi connectivity index (χ1n) is 4.76. The SMILES string of the molecule is CC(CS(C)(=O)=O)NC(=O)c1ccc(Cl)nn1. The quantitative estimate of drug-likeness (QED) is 0.855. The van der Waals surface area contributed by atoms with E-state index in [0.29, 0.717) is 0 Å². The Hall–Kier alpha value is -1.21. The van der Waals surface area contributed by atoms with Crippen LogP contribution in [0.15, 0.2) is 12.1 Å². The van der Waals surface area contributed by atoms with Crippen molar-refractivity contribution in [1.29, 1.82) is 0 Å². The minimum absolute atomic E-state index is 0.0924. The van der Waals surface area contributed by atoms with E-state index in [9.17, 15) is 13.2 Å². The summed E-state index contributed by atoms with van der Waals surface area (Å²) in [4.78, 5) is 11.6. The molecular formula is C9H12ClN3O3S. The van der Waals surface area contributed by atoms with E-state index in [1.165, 1.54) is 12.1 Å². The monoisotopic (exact) mass is 277 g/mol. The minimum atomic E-state index is -3.13. The fraction of sp³-hybridized carbons (Fsp3) is 0.444. The van der Waals surface area contributed by atoms with E-state index >= 15 is 0 Å². The summed E-state index contributed by atoms with van der Waals surface area (Å²) in [5.41, 5.74) is 0.0924. The molecule has 0 aliphatic carbocycles. The van der Waals surface area contributed by atoms with Crippen molar-refractivity contribution in [2.24, 2.45) is 0 Å². The van der Waals surface area contributed by atoms with Crippen molar-refractivity contribution in [3.8, 4) is 0 Å². The predicted molar refractivity (Wildman–Crippen MR) is 63.7 cm³/mol. The zero-order valence-corrected chi connectivity index (χ0v) is 10.9. The predicted octanol–water partition coefficient (Wildman–Crippen LogP) is 0.293. The molecule has 1 aromatic heterocycles. The second-order valence-corrected chi connectivity index (χ2v) is 6.28. The molecule has 1 aromatic rings. The van der Waals surface area contributed by atoms with Gasteiger partial charge in [-0.2, -0.15) is 0 Å². The van der Waals surface area contributed by atoms with Gasteiger partial charge >= 0.3 is 0 Å². The summed E-state index contributed by atoms with van der Waals surface area (Å²) >= 11 is 5.52. The number of nitrogens with zero attached hydrogens (tertiary/aromatic N) is 2. The second-order valence-electron chi connectivity index (χ2n) is 3.71. The molecule has 0 bridgehead atoms. The normalized spacial score (nSPS) is 13.1. The summed E-state index contributed by atoms with van der Waals surface area (Å²) in [7, 11) is -3.13. The Morgan fingerprint density at radius 3 is 2.59 bits per heavy atom. The molecule has 0 saturated carbocycles. The summed E-state index contributed by atoms with van der Waals surface area (Å²) in [6.45, 7) is 1.60. The molecule has 0 aliphatic heterocycles. The molecule has 17 heavy (non-hydrogen) atoms. The van der Waals surface area contributed by atoms with E-state index in [-0.39, 0.29) is 16.6 Å². The van der Waals surface area contributed by atoms with Gasteiger partial charge in [0.1, 0.15) is 9.84 Å². The van der Waals surface area contributed by atoms with Gasteiger partial charge in [0.25, 0.3) is 5.91 Å². The van der Waals surface area contributed by atoms with Crippen LogP contribution in [0.1, 0.15) is 17.4 Å². The van der Waals surface area contributed by atoms with Crippen LogP contribution in [0.3, 0.4) is 0 Å². The molecule has 6 nitrogen and oxygen atoms in total. The standard InChI is InChI=1S/C9H12ClN3O3S/c1-6(5-17(2,15)16)11-9(14)7-3-4-8(10)13-12-7/h3-4,6H,5H2,1-2H3,(H,11,14). The van der Waals surface area contributed by atoms with Crippen molar-refractivity contribution in [3.63, 3.8) is 0 Å². The van der Waals surface area contributed by atoms with Crippen molar-refractivity contribution in [3.05, 3.63) is 23.0 Å². The maximum Gasteiger partial charge on any atom is 0.272 e. The summed E-state index contributed by atoms with van der Waals surface area (Å²) < 4.78 is 22.0. The topological polar surface area (TPSA) is 89.0 Å². The highest BCUT2D eigenvalue weighted by molar-refractivity contribution is 7.90. The molecule has 94 valence electrons. The summed E-state index contributed by atoms with van der Waals surface area (Å²) in [6, 6.07) is 2.36. The number of carbonyl (C=O) groups excluding carboxylic acids is 1. The Morgan fingerprint density at radius 1 is 1.47 bits per heavy atom. The maximum atomic E-state index is 11.6. The van der Waals surface area contributed by atoms with Crippen molar-refractivity contribution < 1.29 is 13.2 Å². The molecular weight excluding hydrogens is 266 g/mol. The van der Waals surface area contributed by atoms with Crippen molar-refractivity contribution in [2.75, 3.05) is 12.0 Å². The smallest absolute Gasteiger partial charge is 0.272 e. The fourth-order valence-electron chi connectivity index (χ4n) is 1.23. The number of halogens is 1. The van der Waals surface area contributed by atoms with Gasteiger partial charge in [0.2, 0.25) is 0 Å². The van der Waals surface area contributed by atoms with Crippen LogP contribution in [-0.2, 0) is 9.84 Å². The van der Waals surface area contributed by atoms with Crippen LogP contribution in [0.4, 0.5) is 0 Å². The lowest BCUT2D eigenvalue weighted by atomic mass is 10.3. The van der Waals surface area contributed by atoms with Crippen molar-refractivity contribution in [1.82, 2.24) is 15.5 Å². The Balaban J connectivity index is 2.63. The van der Waals surface area contributed by atoms with Crippen LogP contribution in [-0.4, -0.2) is 42.6 Å². The first-order valence-corrected chi connectivity index (χ1v) is 7.19. The molecule has 0 aromatic carbocycles. The molecule has 0 spiro atoms. The Labute approximate surface area is 104 Å². The average Bonchev–Trinajstić information content (AvgIpc) is 2.15. The molecule has 0 aliphatic rings. The fourth-order valence-corrected chi connectivity index (χ4v) is 2.32. The lowest BCUT2D eigenvalue weighted by molar-refractivity contribution is 0.0937. The third-order valence-corrected chi connectivity index (χ3v) is 3.10. The Bertz CT molecular complexity index is 501. The van der Waals surface area contributed by atoms with Crippen LogP contribution in [0.5, 0.6) is 0 Å². The Kier molecular flexibility index (Phi) is 4.41. The zero-order valence-electron chi connectivity index (χ0n) is 9.34. The summed E-state index contributed by atoms with van der Waals surface area (Å²) in [5.74, 6) is -0.606. The molecule has 1 atom stereocenters. The number of nitrogens with one attached hydrogen (secondary N) is 1. The Morgan fingerprint density at radius 2 is 2.12 bits per heavy atom.